The Morgan fingerprint density at radius 2 is 2.17 bits per heavy atom. The molecular weight excluding hydrogens is 395 g/mol. The second-order valence-corrected chi connectivity index (χ2v) is 7.39. The van der Waals surface area contributed by atoms with Crippen molar-refractivity contribution in [1.82, 2.24) is 19.4 Å². The molecule has 0 aliphatic carbocycles. The number of hydrogen-bond acceptors (Lipinski definition) is 4. The van der Waals surface area contributed by atoms with Crippen molar-refractivity contribution in [2.24, 2.45) is 0 Å². The molecule has 0 saturated carbocycles. The van der Waals surface area contributed by atoms with E-state index in [0.717, 1.165) is 29.0 Å². The molecule has 8 heteroatoms. The molecular formula is C21H16ClFN4O2. The molecule has 5 rings (SSSR count). The summed E-state index contributed by atoms with van der Waals surface area (Å²) in [4.78, 5) is 23.9. The highest BCUT2D eigenvalue weighted by atomic mass is 35.5. The van der Waals surface area contributed by atoms with E-state index in [1.165, 1.54) is 18.2 Å². The molecule has 1 amide bonds. The van der Waals surface area contributed by atoms with Crippen LogP contribution in [0.25, 0.3) is 22.6 Å². The maximum absolute atomic E-state index is 13.4. The van der Waals surface area contributed by atoms with Gasteiger partial charge in [-0.05, 0) is 42.8 Å². The van der Waals surface area contributed by atoms with Gasteiger partial charge in [0, 0.05) is 24.8 Å². The summed E-state index contributed by atoms with van der Waals surface area (Å²) < 4.78 is 20.7. The Morgan fingerprint density at radius 1 is 1.28 bits per heavy atom. The van der Waals surface area contributed by atoms with Gasteiger partial charge in [0.2, 0.25) is 0 Å². The zero-order valence-electron chi connectivity index (χ0n) is 15.3. The lowest BCUT2D eigenvalue weighted by Crippen LogP contribution is -2.29. The third-order valence-electron chi connectivity index (χ3n) is 5.21. The molecule has 29 heavy (non-hydrogen) atoms. The summed E-state index contributed by atoms with van der Waals surface area (Å²) in [6.07, 6.45) is 5.75. The van der Waals surface area contributed by atoms with Crippen molar-refractivity contribution in [3.8, 4) is 11.4 Å². The van der Waals surface area contributed by atoms with Crippen molar-refractivity contribution in [3.05, 3.63) is 71.5 Å². The molecule has 0 N–H and O–H groups in total. The van der Waals surface area contributed by atoms with Gasteiger partial charge < -0.3 is 13.9 Å². The van der Waals surface area contributed by atoms with Crippen molar-refractivity contribution in [1.29, 1.82) is 0 Å². The van der Waals surface area contributed by atoms with Gasteiger partial charge in [-0.2, -0.15) is 0 Å². The Kier molecular flexibility index (Phi) is 4.32. The van der Waals surface area contributed by atoms with Crippen LogP contribution in [0.2, 0.25) is 5.02 Å². The summed E-state index contributed by atoms with van der Waals surface area (Å²) in [5.41, 5.74) is 2.80. The molecule has 1 aromatic carbocycles. The number of likely N-dealkylation sites (tertiary alicyclic amines) is 1. The third kappa shape index (κ3) is 3.07. The number of fused-ring (bicyclic) bond motifs is 1. The van der Waals surface area contributed by atoms with E-state index >= 15 is 0 Å². The van der Waals surface area contributed by atoms with E-state index in [9.17, 15) is 9.18 Å². The molecule has 4 heterocycles. The predicted octanol–water partition coefficient (Wildman–Crippen LogP) is 4.57. The minimum absolute atomic E-state index is 0.0136. The minimum Gasteiger partial charge on any atom is -0.472 e. The zero-order valence-corrected chi connectivity index (χ0v) is 16.0. The number of benzene rings is 1. The van der Waals surface area contributed by atoms with Gasteiger partial charge in [-0.3, -0.25) is 4.79 Å². The Hall–Kier alpha value is -3.19. The quantitative estimate of drug-likeness (QED) is 0.496. The largest absolute Gasteiger partial charge is 0.472 e. The number of nitrogens with zero attached hydrogens (tertiary/aromatic N) is 4. The Morgan fingerprint density at radius 3 is 2.97 bits per heavy atom. The second-order valence-electron chi connectivity index (χ2n) is 6.99. The molecule has 0 spiro atoms. The zero-order chi connectivity index (χ0) is 20.0. The molecule has 1 unspecified atom stereocenters. The highest BCUT2D eigenvalue weighted by Gasteiger charge is 2.31. The molecule has 3 aromatic heterocycles. The van der Waals surface area contributed by atoms with Crippen molar-refractivity contribution >= 4 is 28.7 Å². The van der Waals surface area contributed by atoms with Crippen LogP contribution in [0.4, 0.5) is 4.39 Å². The molecule has 1 aliphatic rings. The number of carbonyl (C=O) groups excluding carboxylic acids is 1. The van der Waals surface area contributed by atoms with Crippen molar-refractivity contribution < 1.29 is 13.6 Å². The molecule has 1 fully saturated rings. The predicted molar refractivity (Wildman–Crippen MR) is 106 cm³/mol. The van der Waals surface area contributed by atoms with E-state index in [1.807, 2.05) is 18.2 Å². The Balaban J connectivity index is 1.48. The van der Waals surface area contributed by atoms with Crippen LogP contribution in [0.5, 0.6) is 0 Å². The molecule has 0 bridgehead atoms. The molecule has 146 valence electrons. The lowest BCUT2D eigenvalue weighted by atomic mass is 10.2. The fraction of sp³-hybridized carbons (Fsp3) is 0.190. The second kappa shape index (κ2) is 7.00. The normalized spacial score (nSPS) is 16.6. The van der Waals surface area contributed by atoms with Crippen LogP contribution in [0, 0.1) is 5.82 Å². The topological polar surface area (TPSA) is 64.2 Å². The van der Waals surface area contributed by atoms with Crippen LogP contribution < -0.4 is 0 Å². The Labute approximate surface area is 170 Å². The summed E-state index contributed by atoms with van der Waals surface area (Å²) in [6.45, 7) is 1.08. The van der Waals surface area contributed by atoms with Crippen LogP contribution in [-0.2, 0) is 0 Å². The Bertz CT molecular complexity index is 1200. The smallest absolute Gasteiger partial charge is 0.253 e. The number of amides is 1. The maximum atomic E-state index is 13.4. The lowest BCUT2D eigenvalue weighted by Gasteiger charge is -2.19. The third-order valence-corrected chi connectivity index (χ3v) is 5.50. The molecule has 1 atom stereocenters. The summed E-state index contributed by atoms with van der Waals surface area (Å²) in [5.74, 6) is 0.0523. The average Bonchev–Trinajstić information content (AvgIpc) is 3.47. The van der Waals surface area contributed by atoms with Crippen LogP contribution in [0.15, 0.2) is 59.5 Å². The highest BCUT2D eigenvalue weighted by Crippen LogP contribution is 2.33. The average molecular weight is 411 g/mol. The fourth-order valence-electron chi connectivity index (χ4n) is 3.82. The number of rotatable bonds is 3. The van der Waals surface area contributed by atoms with Gasteiger partial charge in [-0.15, -0.1) is 0 Å². The van der Waals surface area contributed by atoms with E-state index in [-0.39, 0.29) is 17.0 Å². The van der Waals surface area contributed by atoms with Gasteiger partial charge in [0.25, 0.3) is 5.91 Å². The highest BCUT2D eigenvalue weighted by molar-refractivity contribution is 6.31. The first-order valence-electron chi connectivity index (χ1n) is 9.21. The number of carbonyl (C=O) groups is 1. The van der Waals surface area contributed by atoms with Crippen LogP contribution in [0.1, 0.15) is 22.8 Å². The first-order valence-corrected chi connectivity index (χ1v) is 9.59. The first-order chi connectivity index (χ1) is 14.1. The summed E-state index contributed by atoms with van der Waals surface area (Å²) in [7, 11) is 0. The summed E-state index contributed by atoms with van der Waals surface area (Å²) in [5, 5.41) is -0.0568. The van der Waals surface area contributed by atoms with E-state index in [2.05, 4.69) is 9.55 Å². The van der Waals surface area contributed by atoms with Gasteiger partial charge in [0.15, 0.2) is 5.65 Å². The lowest BCUT2D eigenvalue weighted by molar-refractivity contribution is 0.0788. The van der Waals surface area contributed by atoms with E-state index in [4.69, 9.17) is 21.0 Å². The molecule has 1 aliphatic heterocycles. The van der Waals surface area contributed by atoms with E-state index < -0.39 is 5.82 Å². The minimum atomic E-state index is -0.539. The molecule has 4 aromatic rings. The van der Waals surface area contributed by atoms with Gasteiger partial charge >= 0.3 is 0 Å². The van der Waals surface area contributed by atoms with Gasteiger partial charge in [-0.25, -0.2) is 14.4 Å². The van der Waals surface area contributed by atoms with Crippen molar-refractivity contribution in [2.75, 3.05) is 13.1 Å². The van der Waals surface area contributed by atoms with E-state index in [0.29, 0.717) is 18.7 Å². The first kappa shape index (κ1) is 17.9. The fourth-order valence-corrected chi connectivity index (χ4v) is 4.00. The molecule has 1 saturated heterocycles. The summed E-state index contributed by atoms with van der Waals surface area (Å²) >= 11 is 5.84. The van der Waals surface area contributed by atoms with Crippen LogP contribution >= 0.6 is 11.6 Å². The van der Waals surface area contributed by atoms with Crippen LogP contribution in [0.3, 0.4) is 0 Å². The van der Waals surface area contributed by atoms with Gasteiger partial charge in [0.1, 0.15) is 23.4 Å². The molecule has 6 nitrogen and oxygen atoms in total. The number of pyridine rings is 1. The monoisotopic (exact) mass is 410 g/mol. The summed E-state index contributed by atoms with van der Waals surface area (Å²) in [6, 6.07) is 9.69. The van der Waals surface area contributed by atoms with Crippen LogP contribution in [-0.4, -0.2) is 38.4 Å². The molecule has 0 radical (unpaired) electrons. The SMILES string of the molecule is O=C(c1ccc(F)c(Cl)c1)N1CCC(n2c(-c3ccoc3)nc3cccnc32)C1. The number of furan rings is 1. The van der Waals surface area contributed by atoms with Crippen molar-refractivity contribution in [2.45, 2.75) is 12.5 Å². The number of hydrogen-bond donors (Lipinski definition) is 0. The standard InChI is InChI=1S/C21H16ClFN4O2/c22-16-10-13(3-4-17(16)23)21(28)26-8-5-15(11-26)27-19(14-6-9-29-12-14)25-18-2-1-7-24-20(18)27/h1-4,6-7,9-10,12,15H,5,8,11H2. The van der Waals surface area contributed by atoms with E-state index in [1.54, 1.807) is 23.6 Å². The maximum Gasteiger partial charge on any atom is 0.253 e. The van der Waals surface area contributed by atoms with Gasteiger partial charge in [-0.1, -0.05) is 11.6 Å². The number of halogens is 2. The number of aromatic nitrogens is 3. The number of imidazole rings is 1. The van der Waals surface area contributed by atoms with Gasteiger partial charge in [0.05, 0.1) is 22.9 Å². The van der Waals surface area contributed by atoms with Crippen molar-refractivity contribution in [3.63, 3.8) is 0 Å².